The van der Waals surface area contributed by atoms with Crippen LogP contribution in [-0.4, -0.2) is 49.2 Å². The lowest BCUT2D eigenvalue weighted by Crippen LogP contribution is -2.47. The monoisotopic (exact) mass is 395 g/mol. The van der Waals surface area contributed by atoms with E-state index in [1.165, 1.54) is 18.2 Å². The molecule has 1 N–H and O–H groups in total. The Labute approximate surface area is 159 Å². The SMILES string of the molecule is Cl.Cl.O=[N+]([O-])c1ccc(F)cc1[C@@H](C1CCOCC1)N1CCNCC1. The molecule has 0 amide bonds. The number of halogens is 3. The highest BCUT2D eigenvalue weighted by Gasteiger charge is 2.35. The van der Waals surface area contributed by atoms with E-state index in [9.17, 15) is 14.5 Å². The average molecular weight is 396 g/mol. The molecule has 0 aromatic heterocycles. The standard InChI is InChI=1S/C16H22FN3O3.2ClH/c17-13-1-2-15(20(21)22)14(11-13)16(12-3-9-23-10-4-12)19-7-5-18-6-8-19;;/h1-2,11-12,16,18H,3-10H2;2*1H/t16-;;/m1../s1. The third kappa shape index (κ3) is 5.24. The molecule has 0 radical (unpaired) electrons. The molecule has 1 atom stereocenters. The predicted octanol–water partition coefficient (Wildman–Crippen LogP) is 2.95. The maximum Gasteiger partial charge on any atom is 0.274 e. The minimum atomic E-state index is -0.419. The quantitative estimate of drug-likeness (QED) is 0.626. The molecule has 6 nitrogen and oxygen atoms in total. The molecule has 1 aromatic rings. The smallest absolute Gasteiger partial charge is 0.274 e. The largest absolute Gasteiger partial charge is 0.381 e. The minimum absolute atomic E-state index is 0. The van der Waals surface area contributed by atoms with E-state index in [0.29, 0.717) is 18.8 Å². The van der Waals surface area contributed by atoms with Crippen molar-refractivity contribution in [3.05, 3.63) is 39.7 Å². The van der Waals surface area contributed by atoms with Gasteiger partial charge in [-0.05, 0) is 30.9 Å². The maximum absolute atomic E-state index is 13.8. The van der Waals surface area contributed by atoms with E-state index >= 15 is 0 Å². The maximum atomic E-state index is 13.8. The van der Waals surface area contributed by atoms with Crippen molar-refractivity contribution in [1.82, 2.24) is 10.2 Å². The summed E-state index contributed by atoms with van der Waals surface area (Å²) in [6.07, 6.45) is 1.70. The van der Waals surface area contributed by atoms with Gasteiger partial charge in [-0.15, -0.1) is 24.8 Å². The average Bonchev–Trinajstić information content (AvgIpc) is 2.57. The van der Waals surface area contributed by atoms with Gasteiger partial charge in [0.1, 0.15) is 5.82 Å². The molecule has 0 bridgehead atoms. The van der Waals surface area contributed by atoms with Gasteiger partial charge in [0.25, 0.3) is 5.69 Å². The van der Waals surface area contributed by atoms with E-state index in [-0.39, 0.29) is 42.5 Å². The van der Waals surface area contributed by atoms with Crippen molar-refractivity contribution in [3.63, 3.8) is 0 Å². The van der Waals surface area contributed by atoms with Gasteiger partial charge in [0.15, 0.2) is 0 Å². The summed E-state index contributed by atoms with van der Waals surface area (Å²) in [6, 6.07) is 3.68. The van der Waals surface area contributed by atoms with Crippen molar-refractivity contribution in [2.24, 2.45) is 5.92 Å². The molecule has 25 heavy (non-hydrogen) atoms. The zero-order chi connectivity index (χ0) is 16.2. The number of ether oxygens (including phenoxy) is 1. The fraction of sp³-hybridized carbons (Fsp3) is 0.625. The van der Waals surface area contributed by atoms with Gasteiger partial charge < -0.3 is 10.1 Å². The van der Waals surface area contributed by atoms with E-state index in [1.807, 2.05) is 0 Å². The Bertz CT molecular complexity index is 550. The second-order valence-corrected chi connectivity index (χ2v) is 6.14. The number of hydrogen-bond donors (Lipinski definition) is 1. The lowest BCUT2D eigenvalue weighted by atomic mass is 9.84. The molecule has 2 aliphatic heterocycles. The van der Waals surface area contributed by atoms with Crippen molar-refractivity contribution in [3.8, 4) is 0 Å². The summed E-state index contributed by atoms with van der Waals surface area (Å²) in [7, 11) is 0. The van der Waals surface area contributed by atoms with Gasteiger partial charge in [0.2, 0.25) is 0 Å². The Morgan fingerprint density at radius 3 is 2.48 bits per heavy atom. The second kappa shape index (κ2) is 10.2. The second-order valence-electron chi connectivity index (χ2n) is 6.14. The van der Waals surface area contributed by atoms with Crippen LogP contribution in [0.1, 0.15) is 24.4 Å². The van der Waals surface area contributed by atoms with E-state index in [0.717, 1.165) is 39.0 Å². The summed E-state index contributed by atoms with van der Waals surface area (Å²) >= 11 is 0. The van der Waals surface area contributed by atoms with Gasteiger partial charge in [0.05, 0.1) is 10.5 Å². The Morgan fingerprint density at radius 1 is 1.24 bits per heavy atom. The first-order valence-corrected chi connectivity index (χ1v) is 8.13. The number of nitro benzene ring substituents is 1. The molecule has 0 aliphatic carbocycles. The molecule has 2 fully saturated rings. The van der Waals surface area contributed by atoms with Gasteiger partial charge in [-0.25, -0.2) is 4.39 Å². The van der Waals surface area contributed by atoms with E-state index in [4.69, 9.17) is 4.74 Å². The van der Waals surface area contributed by atoms with Crippen LogP contribution in [0.3, 0.4) is 0 Å². The number of piperazine rings is 1. The molecule has 0 saturated carbocycles. The van der Waals surface area contributed by atoms with Crippen LogP contribution in [0.2, 0.25) is 0 Å². The summed E-state index contributed by atoms with van der Waals surface area (Å²) < 4.78 is 19.3. The molecule has 142 valence electrons. The summed E-state index contributed by atoms with van der Waals surface area (Å²) in [4.78, 5) is 13.3. The van der Waals surface area contributed by atoms with Crippen molar-refractivity contribution >= 4 is 30.5 Å². The van der Waals surface area contributed by atoms with Crippen molar-refractivity contribution in [2.45, 2.75) is 18.9 Å². The highest BCUT2D eigenvalue weighted by Crippen LogP contribution is 2.39. The summed E-state index contributed by atoms with van der Waals surface area (Å²) in [6.45, 7) is 4.66. The number of nitrogens with one attached hydrogen (secondary N) is 1. The highest BCUT2D eigenvalue weighted by molar-refractivity contribution is 5.85. The zero-order valence-corrected chi connectivity index (χ0v) is 15.5. The minimum Gasteiger partial charge on any atom is -0.381 e. The number of hydrogen-bond acceptors (Lipinski definition) is 5. The predicted molar refractivity (Wildman–Crippen MR) is 98.3 cm³/mol. The molecular weight excluding hydrogens is 372 g/mol. The molecule has 2 aliphatic rings. The molecular formula is C16H24Cl2FN3O3. The first kappa shape index (κ1) is 22.1. The normalized spacial score (nSPS) is 20.2. The summed E-state index contributed by atoms with van der Waals surface area (Å²) in [5.41, 5.74) is 0.519. The van der Waals surface area contributed by atoms with Crippen LogP contribution in [0.15, 0.2) is 18.2 Å². The molecule has 0 spiro atoms. The fourth-order valence-corrected chi connectivity index (χ4v) is 3.67. The van der Waals surface area contributed by atoms with Crippen molar-refractivity contribution in [1.29, 1.82) is 0 Å². The Balaban J connectivity index is 0.00000156. The summed E-state index contributed by atoms with van der Waals surface area (Å²) in [5, 5.41) is 14.7. The zero-order valence-electron chi connectivity index (χ0n) is 13.9. The van der Waals surface area contributed by atoms with Crippen LogP contribution >= 0.6 is 24.8 Å². The molecule has 9 heteroatoms. The van der Waals surface area contributed by atoms with E-state index < -0.39 is 10.7 Å². The van der Waals surface area contributed by atoms with Crippen LogP contribution in [0, 0.1) is 21.8 Å². The number of nitrogens with zero attached hydrogens (tertiary/aromatic N) is 2. The Kier molecular flexibility index (Phi) is 9.02. The first-order chi connectivity index (χ1) is 11.2. The van der Waals surface area contributed by atoms with Gasteiger partial charge in [-0.3, -0.25) is 15.0 Å². The van der Waals surface area contributed by atoms with Crippen LogP contribution < -0.4 is 5.32 Å². The first-order valence-electron chi connectivity index (χ1n) is 8.13. The molecule has 0 unspecified atom stereocenters. The fourth-order valence-electron chi connectivity index (χ4n) is 3.67. The van der Waals surface area contributed by atoms with Gasteiger partial charge >= 0.3 is 0 Å². The number of nitro groups is 1. The Morgan fingerprint density at radius 2 is 1.88 bits per heavy atom. The molecule has 3 rings (SSSR count). The van der Waals surface area contributed by atoms with Gasteiger partial charge in [-0.2, -0.15) is 0 Å². The third-order valence-corrected chi connectivity index (χ3v) is 4.76. The molecule has 2 heterocycles. The van der Waals surface area contributed by atoms with Crippen LogP contribution in [-0.2, 0) is 4.74 Å². The molecule has 2 saturated heterocycles. The van der Waals surface area contributed by atoms with Gasteiger partial charge in [0, 0.05) is 51.5 Å². The van der Waals surface area contributed by atoms with Crippen molar-refractivity contribution in [2.75, 3.05) is 39.4 Å². The van der Waals surface area contributed by atoms with Crippen LogP contribution in [0.5, 0.6) is 0 Å². The Hall–Kier alpha value is -0.990. The highest BCUT2D eigenvalue weighted by atomic mass is 35.5. The van der Waals surface area contributed by atoms with Crippen molar-refractivity contribution < 1.29 is 14.1 Å². The lowest BCUT2D eigenvalue weighted by Gasteiger charge is -2.40. The third-order valence-electron chi connectivity index (χ3n) is 4.76. The molecule has 1 aromatic carbocycles. The van der Waals surface area contributed by atoms with Gasteiger partial charge in [-0.1, -0.05) is 0 Å². The topological polar surface area (TPSA) is 67.6 Å². The van der Waals surface area contributed by atoms with Crippen LogP contribution in [0.4, 0.5) is 10.1 Å². The number of rotatable bonds is 4. The lowest BCUT2D eigenvalue weighted by molar-refractivity contribution is -0.386. The summed E-state index contributed by atoms with van der Waals surface area (Å²) in [5.74, 6) is -0.167. The van der Waals surface area contributed by atoms with Crippen LogP contribution in [0.25, 0.3) is 0 Å². The van der Waals surface area contributed by atoms with E-state index in [1.54, 1.807) is 0 Å². The van der Waals surface area contributed by atoms with E-state index in [2.05, 4.69) is 10.2 Å². The number of benzene rings is 1.